The average Bonchev–Trinajstić information content (AvgIpc) is 3.04. The van der Waals surface area contributed by atoms with Crippen LogP contribution in [0.5, 0.6) is 0 Å². The van der Waals surface area contributed by atoms with Gasteiger partial charge in [-0.15, -0.1) is 0 Å². The van der Waals surface area contributed by atoms with Crippen molar-refractivity contribution in [3.8, 4) is 0 Å². The van der Waals surface area contributed by atoms with Crippen molar-refractivity contribution in [1.29, 1.82) is 0 Å². The van der Waals surface area contributed by atoms with Crippen LogP contribution >= 0.6 is 0 Å². The fourth-order valence-electron chi connectivity index (χ4n) is 4.49. The predicted molar refractivity (Wildman–Crippen MR) is 113 cm³/mol. The number of aromatic nitrogens is 2. The molecule has 0 unspecified atom stereocenters. The molecule has 1 aromatic heterocycles. The first-order valence-corrected chi connectivity index (χ1v) is 10.8. The molecule has 0 saturated carbocycles. The van der Waals surface area contributed by atoms with E-state index in [1.807, 2.05) is 25.8 Å². The van der Waals surface area contributed by atoms with Crippen molar-refractivity contribution in [3.05, 3.63) is 52.6 Å². The van der Waals surface area contributed by atoms with Crippen molar-refractivity contribution in [2.75, 3.05) is 13.1 Å². The van der Waals surface area contributed by atoms with Crippen LogP contribution in [0.2, 0.25) is 0 Å². The van der Waals surface area contributed by atoms with Crippen molar-refractivity contribution in [2.24, 2.45) is 7.05 Å². The number of rotatable bonds is 4. The van der Waals surface area contributed by atoms with E-state index < -0.39 is 0 Å². The lowest BCUT2D eigenvalue weighted by Crippen LogP contribution is -2.51. The highest BCUT2D eigenvalue weighted by atomic mass is 19.1. The second kappa shape index (κ2) is 8.42. The van der Waals surface area contributed by atoms with E-state index in [1.165, 1.54) is 12.1 Å². The summed E-state index contributed by atoms with van der Waals surface area (Å²) in [6, 6.07) is 6.22. The van der Waals surface area contributed by atoms with Crippen LogP contribution in [-0.2, 0) is 36.0 Å². The number of nitrogens with one attached hydrogen (secondary N) is 1. The second-order valence-electron chi connectivity index (χ2n) is 8.86. The number of hydrogen-bond donors (Lipinski definition) is 1. The minimum Gasteiger partial charge on any atom is -0.370 e. The minimum absolute atomic E-state index is 0.00474. The molecule has 2 aromatic rings. The summed E-state index contributed by atoms with van der Waals surface area (Å²) in [5.74, 6) is -0.499. The molecule has 0 atom stereocenters. The van der Waals surface area contributed by atoms with Crippen LogP contribution in [-0.4, -0.2) is 51.2 Å². The Kier molecular flexibility index (Phi) is 5.83. The van der Waals surface area contributed by atoms with Crippen LogP contribution in [0, 0.1) is 5.82 Å². The van der Waals surface area contributed by atoms with Crippen LogP contribution in [0.3, 0.4) is 0 Å². The van der Waals surface area contributed by atoms with E-state index in [0.717, 1.165) is 24.1 Å². The molecule has 1 saturated heterocycles. The number of carbonyl (C=O) groups excluding carboxylic acids is 2. The number of hydrogen-bond acceptors (Lipinski definition) is 4. The number of fused-ring (bicyclic) bond motifs is 1. The Morgan fingerprint density at radius 2 is 2.03 bits per heavy atom. The maximum Gasteiger partial charge on any atom is 0.272 e. The SMILES string of the molecule is CC(C)NC(=O)c1nn(C)c2c1COC1(CCN(C(=O)Cc3cccc(F)c3)CC1)C2. The molecule has 4 rings (SSSR count). The van der Waals surface area contributed by atoms with Gasteiger partial charge in [0, 0.05) is 43.9 Å². The Morgan fingerprint density at radius 3 is 2.71 bits per heavy atom. The van der Waals surface area contributed by atoms with Crippen molar-refractivity contribution < 1.29 is 18.7 Å². The second-order valence-corrected chi connectivity index (χ2v) is 8.86. The molecule has 166 valence electrons. The van der Waals surface area contributed by atoms with Crippen LogP contribution in [0.1, 0.15) is 54.0 Å². The fourth-order valence-corrected chi connectivity index (χ4v) is 4.49. The lowest BCUT2D eigenvalue weighted by Gasteiger charge is -2.44. The Morgan fingerprint density at radius 1 is 1.29 bits per heavy atom. The van der Waals surface area contributed by atoms with Crippen molar-refractivity contribution in [2.45, 2.75) is 57.8 Å². The summed E-state index contributed by atoms with van der Waals surface area (Å²) in [6.45, 7) is 5.38. The lowest BCUT2D eigenvalue weighted by atomic mass is 9.83. The summed E-state index contributed by atoms with van der Waals surface area (Å²) in [5.41, 5.74) is 2.66. The standard InChI is InChI=1S/C23H29FN4O3/c1-15(2)25-22(30)21-18-14-31-23(13-19(18)27(3)26-21)7-9-28(10-8-23)20(29)12-16-5-4-6-17(24)11-16/h4-6,11,15H,7-10,12-14H2,1-3H3,(H,25,30). The molecule has 1 spiro atoms. The molecule has 8 heteroatoms. The number of piperidine rings is 1. The molecule has 0 radical (unpaired) electrons. The van der Waals surface area contributed by atoms with E-state index >= 15 is 0 Å². The largest absolute Gasteiger partial charge is 0.370 e. The van der Waals surface area contributed by atoms with Gasteiger partial charge in [0.2, 0.25) is 5.91 Å². The molecule has 31 heavy (non-hydrogen) atoms. The maximum atomic E-state index is 13.4. The first-order valence-electron chi connectivity index (χ1n) is 10.8. The van der Waals surface area contributed by atoms with Gasteiger partial charge < -0.3 is 15.0 Å². The highest BCUT2D eigenvalue weighted by Gasteiger charge is 2.42. The molecule has 1 N–H and O–H groups in total. The number of amides is 2. The first-order chi connectivity index (χ1) is 14.8. The number of aryl methyl sites for hydroxylation is 1. The highest BCUT2D eigenvalue weighted by molar-refractivity contribution is 5.94. The Bertz CT molecular complexity index is 993. The number of ether oxygens (including phenoxy) is 1. The number of halogens is 1. The van der Waals surface area contributed by atoms with E-state index in [2.05, 4.69) is 10.4 Å². The van der Waals surface area contributed by atoms with Gasteiger partial charge in [-0.3, -0.25) is 14.3 Å². The number of nitrogens with zero attached hydrogens (tertiary/aromatic N) is 3. The molecule has 0 bridgehead atoms. The van der Waals surface area contributed by atoms with Crippen LogP contribution in [0.25, 0.3) is 0 Å². The molecule has 2 aliphatic heterocycles. The molecular weight excluding hydrogens is 399 g/mol. The fraction of sp³-hybridized carbons (Fsp3) is 0.522. The van der Waals surface area contributed by atoms with Gasteiger partial charge >= 0.3 is 0 Å². The zero-order valence-corrected chi connectivity index (χ0v) is 18.3. The van der Waals surface area contributed by atoms with Gasteiger partial charge in [-0.25, -0.2) is 4.39 Å². The van der Waals surface area contributed by atoms with E-state index in [9.17, 15) is 14.0 Å². The Balaban J connectivity index is 1.41. The first kappa shape index (κ1) is 21.5. The quantitative estimate of drug-likeness (QED) is 0.811. The Labute approximate surface area is 181 Å². The van der Waals surface area contributed by atoms with Crippen LogP contribution in [0.15, 0.2) is 24.3 Å². The molecule has 2 amide bonds. The monoisotopic (exact) mass is 428 g/mol. The summed E-state index contributed by atoms with van der Waals surface area (Å²) in [5, 5.41) is 7.35. The van der Waals surface area contributed by atoms with E-state index in [4.69, 9.17) is 4.74 Å². The molecule has 3 heterocycles. The van der Waals surface area contributed by atoms with Crippen molar-refractivity contribution in [3.63, 3.8) is 0 Å². The summed E-state index contributed by atoms with van der Waals surface area (Å²) >= 11 is 0. The van der Waals surface area contributed by atoms with Crippen LogP contribution in [0.4, 0.5) is 4.39 Å². The van der Waals surface area contributed by atoms with Gasteiger partial charge in [-0.05, 0) is 44.4 Å². The predicted octanol–water partition coefficient (Wildman–Crippen LogP) is 2.37. The number of benzene rings is 1. The van der Waals surface area contributed by atoms with Gasteiger partial charge in [0.1, 0.15) is 5.82 Å². The summed E-state index contributed by atoms with van der Waals surface area (Å²) in [4.78, 5) is 27.0. The summed E-state index contributed by atoms with van der Waals surface area (Å²) < 4.78 is 21.5. The zero-order chi connectivity index (χ0) is 22.2. The average molecular weight is 429 g/mol. The van der Waals surface area contributed by atoms with Gasteiger partial charge in [0.25, 0.3) is 5.91 Å². The van der Waals surface area contributed by atoms with E-state index in [1.54, 1.807) is 16.8 Å². The zero-order valence-electron chi connectivity index (χ0n) is 18.3. The van der Waals surface area contributed by atoms with Gasteiger partial charge in [0.05, 0.1) is 18.6 Å². The molecule has 2 aliphatic rings. The smallest absolute Gasteiger partial charge is 0.272 e. The van der Waals surface area contributed by atoms with E-state index in [0.29, 0.717) is 37.4 Å². The third-order valence-corrected chi connectivity index (χ3v) is 6.19. The number of likely N-dealkylation sites (tertiary alicyclic amines) is 1. The lowest BCUT2D eigenvalue weighted by molar-refractivity contribution is -0.140. The van der Waals surface area contributed by atoms with Crippen molar-refractivity contribution >= 4 is 11.8 Å². The topological polar surface area (TPSA) is 76.5 Å². The summed E-state index contributed by atoms with van der Waals surface area (Å²) in [6.07, 6.45) is 2.32. The normalized spacial score (nSPS) is 17.6. The van der Waals surface area contributed by atoms with Crippen LogP contribution < -0.4 is 5.32 Å². The molecule has 1 fully saturated rings. The molecule has 7 nitrogen and oxygen atoms in total. The highest BCUT2D eigenvalue weighted by Crippen LogP contribution is 2.37. The maximum absolute atomic E-state index is 13.4. The van der Waals surface area contributed by atoms with Gasteiger partial charge in [-0.2, -0.15) is 5.10 Å². The van der Waals surface area contributed by atoms with Gasteiger partial charge in [0.15, 0.2) is 5.69 Å². The van der Waals surface area contributed by atoms with Crippen molar-refractivity contribution in [1.82, 2.24) is 20.0 Å². The number of carbonyl (C=O) groups is 2. The van der Waals surface area contributed by atoms with Gasteiger partial charge in [-0.1, -0.05) is 12.1 Å². The Hall–Kier alpha value is -2.74. The third kappa shape index (κ3) is 4.49. The van der Waals surface area contributed by atoms with E-state index in [-0.39, 0.29) is 35.7 Å². The molecular formula is C23H29FN4O3. The third-order valence-electron chi connectivity index (χ3n) is 6.19. The molecule has 0 aliphatic carbocycles. The minimum atomic E-state index is -0.345. The summed E-state index contributed by atoms with van der Waals surface area (Å²) in [7, 11) is 1.86. The molecule has 1 aromatic carbocycles.